The molecule has 0 heterocycles. The lowest BCUT2D eigenvalue weighted by Gasteiger charge is -2.12. The molecule has 2 N–H and O–H groups in total. The van der Waals surface area contributed by atoms with Crippen molar-refractivity contribution in [3.05, 3.63) is 58.6 Å². The minimum atomic E-state index is -0.538. The summed E-state index contributed by atoms with van der Waals surface area (Å²) >= 11 is 6.06. The summed E-state index contributed by atoms with van der Waals surface area (Å²) in [5.74, 6) is -1.42. The minimum absolute atomic E-state index is 0.116. The molecule has 1 amide bonds. The SMILES string of the molecule is CCOC(=O)c1ccccc1NCC(=O)Nc1cc(C(=O)OC)ccc1Cl. The van der Waals surface area contributed by atoms with Gasteiger partial charge in [-0.25, -0.2) is 9.59 Å². The van der Waals surface area contributed by atoms with Crippen molar-refractivity contribution in [2.45, 2.75) is 6.92 Å². The Morgan fingerprint density at radius 2 is 1.78 bits per heavy atom. The zero-order valence-corrected chi connectivity index (χ0v) is 15.6. The van der Waals surface area contributed by atoms with E-state index in [1.54, 1.807) is 31.2 Å². The van der Waals surface area contributed by atoms with E-state index in [1.807, 2.05) is 0 Å². The number of nitrogens with one attached hydrogen (secondary N) is 2. The Morgan fingerprint density at radius 1 is 1.04 bits per heavy atom. The summed E-state index contributed by atoms with van der Waals surface area (Å²) in [5.41, 5.74) is 1.35. The number of carbonyl (C=O) groups is 3. The van der Waals surface area contributed by atoms with Crippen LogP contribution in [0.2, 0.25) is 5.02 Å². The van der Waals surface area contributed by atoms with Crippen LogP contribution in [0.1, 0.15) is 27.6 Å². The number of carbonyl (C=O) groups excluding carboxylic acids is 3. The molecule has 0 unspecified atom stereocenters. The van der Waals surface area contributed by atoms with Crippen LogP contribution in [0.5, 0.6) is 0 Å². The average Bonchev–Trinajstić information content (AvgIpc) is 2.67. The first-order chi connectivity index (χ1) is 13.0. The standard InChI is InChI=1S/C19H19ClN2O5/c1-3-27-19(25)13-6-4-5-7-15(13)21-11-17(23)22-16-10-12(18(24)26-2)8-9-14(16)20/h4-10,21H,3,11H2,1-2H3,(H,22,23). The predicted octanol–water partition coefficient (Wildman–Crippen LogP) is 3.35. The van der Waals surface area contributed by atoms with Crippen LogP contribution in [0.3, 0.4) is 0 Å². The molecule has 0 aliphatic rings. The summed E-state index contributed by atoms with van der Waals surface area (Å²) in [4.78, 5) is 35.8. The fourth-order valence-electron chi connectivity index (χ4n) is 2.26. The molecule has 0 radical (unpaired) electrons. The largest absolute Gasteiger partial charge is 0.465 e. The topological polar surface area (TPSA) is 93.7 Å². The first kappa shape index (κ1) is 20.3. The summed E-state index contributed by atoms with van der Waals surface area (Å²) in [6, 6.07) is 11.1. The van der Waals surface area contributed by atoms with Crippen LogP contribution in [-0.4, -0.2) is 38.1 Å². The van der Waals surface area contributed by atoms with E-state index in [4.69, 9.17) is 16.3 Å². The normalized spacial score (nSPS) is 10.0. The van der Waals surface area contributed by atoms with Gasteiger partial charge in [-0.15, -0.1) is 0 Å². The van der Waals surface area contributed by atoms with Gasteiger partial charge in [0.1, 0.15) is 0 Å². The van der Waals surface area contributed by atoms with E-state index in [0.717, 1.165) is 0 Å². The van der Waals surface area contributed by atoms with Gasteiger partial charge >= 0.3 is 11.9 Å². The van der Waals surface area contributed by atoms with Crippen LogP contribution in [0.25, 0.3) is 0 Å². The number of anilines is 2. The molecule has 27 heavy (non-hydrogen) atoms. The second-order valence-corrected chi connectivity index (χ2v) is 5.76. The second kappa shape index (κ2) is 9.59. The van der Waals surface area contributed by atoms with Gasteiger partial charge in [0.25, 0.3) is 0 Å². The summed E-state index contributed by atoms with van der Waals surface area (Å²) in [6.07, 6.45) is 0. The van der Waals surface area contributed by atoms with Crippen molar-refractivity contribution in [3.8, 4) is 0 Å². The van der Waals surface area contributed by atoms with Crippen LogP contribution in [-0.2, 0) is 14.3 Å². The highest BCUT2D eigenvalue weighted by Crippen LogP contribution is 2.23. The highest BCUT2D eigenvalue weighted by molar-refractivity contribution is 6.33. The van der Waals surface area contributed by atoms with E-state index in [-0.39, 0.29) is 29.4 Å². The summed E-state index contributed by atoms with van der Waals surface area (Å²) < 4.78 is 9.64. The Hall–Kier alpha value is -3.06. The molecule has 8 heteroatoms. The zero-order valence-electron chi connectivity index (χ0n) is 14.9. The van der Waals surface area contributed by atoms with Crippen molar-refractivity contribution in [1.82, 2.24) is 0 Å². The molecule has 142 valence electrons. The van der Waals surface area contributed by atoms with Crippen molar-refractivity contribution in [1.29, 1.82) is 0 Å². The molecule has 2 aromatic rings. The third kappa shape index (κ3) is 5.46. The highest BCUT2D eigenvalue weighted by Gasteiger charge is 2.14. The highest BCUT2D eigenvalue weighted by atomic mass is 35.5. The number of rotatable bonds is 7. The third-order valence-electron chi connectivity index (χ3n) is 3.52. The molecule has 2 rings (SSSR count). The first-order valence-corrected chi connectivity index (χ1v) is 8.51. The van der Waals surface area contributed by atoms with Crippen molar-refractivity contribution >= 4 is 40.8 Å². The minimum Gasteiger partial charge on any atom is -0.465 e. The van der Waals surface area contributed by atoms with Gasteiger partial charge in [-0.2, -0.15) is 0 Å². The summed E-state index contributed by atoms with van der Waals surface area (Å²) in [6.45, 7) is 1.85. The van der Waals surface area contributed by atoms with Crippen LogP contribution in [0.15, 0.2) is 42.5 Å². The van der Waals surface area contributed by atoms with Gasteiger partial charge in [0.2, 0.25) is 5.91 Å². The van der Waals surface area contributed by atoms with Gasteiger partial charge < -0.3 is 20.1 Å². The number of benzene rings is 2. The van der Waals surface area contributed by atoms with E-state index in [9.17, 15) is 14.4 Å². The number of hydrogen-bond acceptors (Lipinski definition) is 6. The number of halogens is 1. The Bertz CT molecular complexity index is 854. The van der Waals surface area contributed by atoms with E-state index in [2.05, 4.69) is 15.4 Å². The Morgan fingerprint density at radius 3 is 2.48 bits per heavy atom. The molecule has 0 saturated heterocycles. The molecular weight excluding hydrogens is 372 g/mol. The van der Waals surface area contributed by atoms with E-state index >= 15 is 0 Å². The maximum absolute atomic E-state index is 12.2. The predicted molar refractivity (Wildman–Crippen MR) is 102 cm³/mol. The third-order valence-corrected chi connectivity index (χ3v) is 3.85. The molecule has 0 spiro atoms. The zero-order chi connectivity index (χ0) is 19.8. The van der Waals surface area contributed by atoms with Crippen LogP contribution >= 0.6 is 11.6 Å². The van der Waals surface area contributed by atoms with Crippen LogP contribution in [0.4, 0.5) is 11.4 Å². The second-order valence-electron chi connectivity index (χ2n) is 5.35. The number of esters is 2. The molecule has 0 saturated carbocycles. The van der Waals surface area contributed by atoms with Crippen molar-refractivity contribution in [2.75, 3.05) is 30.9 Å². The molecule has 2 aromatic carbocycles. The molecular formula is C19H19ClN2O5. The number of methoxy groups -OCH3 is 1. The van der Waals surface area contributed by atoms with Gasteiger partial charge in [0.15, 0.2) is 0 Å². The van der Waals surface area contributed by atoms with E-state index in [0.29, 0.717) is 11.3 Å². The maximum atomic E-state index is 12.2. The average molecular weight is 391 g/mol. The van der Waals surface area contributed by atoms with E-state index < -0.39 is 17.8 Å². The number of hydrogen-bond donors (Lipinski definition) is 2. The lowest BCUT2D eigenvalue weighted by molar-refractivity contribution is -0.114. The van der Waals surface area contributed by atoms with Gasteiger partial charge in [-0.05, 0) is 37.3 Å². The number of amides is 1. The summed E-state index contributed by atoms with van der Waals surface area (Å²) in [7, 11) is 1.26. The number of para-hydroxylation sites is 1. The van der Waals surface area contributed by atoms with Gasteiger partial charge in [0.05, 0.1) is 42.1 Å². The van der Waals surface area contributed by atoms with E-state index in [1.165, 1.54) is 25.3 Å². The maximum Gasteiger partial charge on any atom is 0.340 e. The Balaban J connectivity index is 2.06. The van der Waals surface area contributed by atoms with Gasteiger partial charge in [0, 0.05) is 5.69 Å². The molecule has 0 atom stereocenters. The number of ether oxygens (including phenoxy) is 2. The monoisotopic (exact) mass is 390 g/mol. The smallest absolute Gasteiger partial charge is 0.340 e. The molecule has 0 fully saturated rings. The van der Waals surface area contributed by atoms with Gasteiger partial charge in [-0.1, -0.05) is 23.7 Å². The van der Waals surface area contributed by atoms with Crippen LogP contribution in [0, 0.1) is 0 Å². The lowest BCUT2D eigenvalue weighted by atomic mass is 10.2. The van der Waals surface area contributed by atoms with Gasteiger partial charge in [-0.3, -0.25) is 4.79 Å². The molecule has 0 bridgehead atoms. The lowest BCUT2D eigenvalue weighted by Crippen LogP contribution is -2.23. The molecule has 0 aliphatic heterocycles. The molecule has 0 aromatic heterocycles. The quantitative estimate of drug-likeness (QED) is 0.704. The fraction of sp³-hybridized carbons (Fsp3) is 0.211. The van der Waals surface area contributed by atoms with Crippen molar-refractivity contribution in [3.63, 3.8) is 0 Å². The van der Waals surface area contributed by atoms with Crippen molar-refractivity contribution < 1.29 is 23.9 Å². The first-order valence-electron chi connectivity index (χ1n) is 8.14. The Labute approximate surface area is 161 Å². The molecule has 0 aliphatic carbocycles. The fourth-order valence-corrected chi connectivity index (χ4v) is 2.42. The molecule has 7 nitrogen and oxygen atoms in total. The Kier molecular flexibility index (Phi) is 7.19. The van der Waals surface area contributed by atoms with Crippen molar-refractivity contribution in [2.24, 2.45) is 0 Å². The summed E-state index contributed by atoms with van der Waals surface area (Å²) in [5, 5.41) is 5.79. The van der Waals surface area contributed by atoms with Crippen LogP contribution < -0.4 is 10.6 Å².